The molecule has 8 heteroatoms. The molecular weight excluding hydrogens is 374 g/mol. The van der Waals surface area contributed by atoms with Gasteiger partial charge in [0.25, 0.3) is 0 Å². The summed E-state index contributed by atoms with van der Waals surface area (Å²) >= 11 is 0. The van der Waals surface area contributed by atoms with E-state index in [0.29, 0.717) is 4.90 Å². The second-order valence-electron chi connectivity index (χ2n) is 7.89. The van der Waals surface area contributed by atoms with E-state index in [0.717, 1.165) is 69.5 Å². The van der Waals surface area contributed by atoms with E-state index in [-0.39, 0.29) is 0 Å². The highest BCUT2D eigenvalue weighted by atomic mass is 32.2. The number of thiol groups is 1. The van der Waals surface area contributed by atoms with Crippen molar-refractivity contribution in [2.24, 2.45) is 4.36 Å². The van der Waals surface area contributed by atoms with Crippen LogP contribution < -0.4 is 10.2 Å². The highest BCUT2D eigenvalue weighted by molar-refractivity contribution is 7.75. The third kappa shape index (κ3) is 2.90. The standard InChI is InChI=1S/C20H25N5O2S/c1-24-9-4-10-25-19(24)17(12-21-25)28(27)23-20(26)22-18-15-7-2-5-13(15)11-14-6-3-8-16(14)18/h11-12,28H,2-10H2,1H3,(H,22,26). The lowest BCUT2D eigenvalue weighted by atomic mass is 9.99. The molecule has 0 spiro atoms. The first-order valence-corrected chi connectivity index (χ1v) is 11.3. The number of benzene rings is 1. The second-order valence-corrected chi connectivity index (χ2v) is 9.12. The lowest BCUT2D eigenvalue weighted by molar-refractivity contribution is 0.260. The number of amides is 2. The molecule has 1 atom stereocenters. The lowest BCUT2D eigenvalue weighted by Crippen LogP contribution is -2.28. The molecule has 1 aliphatic heterocycles. The molecule has 148 valence electrons. The van der Waals surface area contributed by atoms with Crippen molar-refractivity contribution in [2.45, 2.75) is 56.4 Å². The Labute approximate surface area is 166 Å². The summed E-state index contributed by atoms with van der Waals surface area (Å²) in [6, 6.07) is 1.81. The molecule has 0 bridgehead atoms. The Bertz CT molecular complexity index is 1020. The van der Waals surface area contributed by atoms with Gasteiger partial charge >= 0.3 is 6.03 Å². The van der Waals surface area contributed by atoms with E-state index >= 15 is 0 Å². The normalized spacial score (nSPS) is 18.7. The Morgan fingerprint density at radius 2 is 1.82 bits per heavy atom. The van der Waals surface area contributed by atoms with Crippen LogP contribution in [0.1, 0.15) is 41.5 Å². The van der Waals surface area contributed by atoms with Crippen LogP contribution in [0.5, 0.6) is 0 Å². The Kier molecular flexibility index (Phi) is 4.38. The molecule has 2 aromatic rings. The van der Waals surface area contributed by atoms with Crippen LogP contribution in [0.25, 0.3) is 0 Å². The molecule has 2 aliphatic carbocycles. The summed E-state index contributed by atoms with van der Waals surface area (Å²) in [5.41, 5.74) is 6.15. The van der Waals surface area contributed by atoms with Gasteiger partial charge in [0.2, 0.25) is 0 Å². The number of urea groups is 1. The van der Waals surface area contributed by atoms with Crippen LogP contribution >= 0.6 is 0 Å². The second kappa shape index (κ2) is 6.92. The van der Waals surface area contributed by atoms with E-state index < -0.39 is 16.6 Å². The van der Waals surface area contributed by atoms with Crippen molar-refractivity contribution in [1.82, 2.24) is 9.78 Å². The maximum absolute atomic E-state index is 12.8. The Morgan fingerprint density at radius 1 is 1.11 bits per heavy atom. The van der Waals surface area contributed by atoms with Gasteiger partial charge in [-0.05, 0) is 67.2 Å². The van der Waals surface area contributed by atoms with Gasteiger partial charge in [-0.2, -0.15) is 5.10 Å². The molecule has 3 aliphatic rings. The van der Waals surface area contributed by atoms with Gasteiger partial charge in [-0.25, -0.2) is 13.7 Å². The molecule has 1 aromatic heterocycles. The summed E-state index contributed by atoms with van der Waals surface area (Å²) in [5, 5.41) is 7.31. The summed E-state index contributed by atoms with van der Waals surface area (Å²) < 4.78 is 18.7. The van der Waals surface area contributed by atoms with Crippen molar-refractivity contribution >= 4 is 28.1 Å². The molecule has 1 aromatic carbocycles. The van der Waals surface area contributed by atoms with Crippen molar-refractivity contribution in [2.75, 3.05) is 23.8 Å². The topological polar surface area (TPSA) is 79.6 Å². The highest BCUT2D eigenvalue weighted by Crippen LogP contribution is 2.38. The Balaban J connectivity index is 1.45. The quantitative estimate of drug-likeness (QED) is 0.761. The van der Waals surface area contributed by atoms with Gasteiger partial charge in [0.1, 0.15) is 10.7 Å². The van der Waals surface area contributed by atoms with Gasteiger partial charge in [0, 0.05) is 25.8 Å². The van der Waals surface area contributed by atoms with E-state index in [9.17, 15) is 9.00 Å². The van der Waals surface area contributed by atoms with Crippen molar-refractivity contribution in [3.63, 3.8) is 0 Å². The minimum atomic E-state index is -2.19. The average molecular weight is 400 g/mol. The van der Waals surface area contributed by atoms with Gasteiger partial charge in [-0.3, -0.25) is 0 Å². The fraction of sp³-hybridized carbons (Fsp3) is 0.500. The van der Waals surface area contributed by atoms with Crippen LogP contribution in [-0.4, -0.2) is 33.6 Å². The number of aromatic nitrogens is 2. The molecule has 1 N–H and O–H groups in total. The number of anilines is 2. The van der Waals surface area contributed by atoms with E-state index in [1.807, 2.05) is 16.6 Å². The summed E-state index contributed by atoms with van der Waals surface area (Å²) in [7, 11) is -0.235. The molecular formula is C20H25N5O2S. The van der Waals surface area contributed by atoms with Crippen LogP contribution in [-0.2, 0) is 42.8 Å². The fourth-order valence-electron chi connectivity index (χ4n) is 4.86. The monoisotopic (exact) mass is 399 g/mol. The van der Waals surface area contributed by atoms with Crippen molar-refractivity contribution in [3.8, 4) is 0 Å². The van der Waals surface area contributed by atoms with E-state index in [2.05, 4.69) is 20.8 Å². The van der Waals surface area contributed by atoms with Crippen molar-refractivity contribution < 1.29 is 9.00 Å². The molecule has 28 heavy (non-hydrogen) atoms. The van der Waals surface area contributed by atoms with Gasteiger partial charge in [0.05, 0.1) is 16.8 Å². The number of fused-ring (bicyclic) bond motifs is 3. The van der Waals surface area contributed by atoms with Crippen LogP contribution in [0.4, 0.5) is 16.3 Å². The average Bonchev–Trinajstić information content (AvgIpc) is 3.40. The van der Waals surface area contributed by atoms with Crippen LogP contribution in [0.2, 0.25) is 0 Å². The largest absolute Gasteiger partial charge is 0.359 e. The molecule has 0 radical (unpaired) electrons. The summed E-state index contributed by atoms with van der Waals surface area (Å²) in [5.74, 6) is 0.811. The molecule has 7 nitrogen and oxygen atoms in total. The lowest BCUT2D eigenvalue weighted by Gasteiger charge is -2.25. The molecule has 2 amide bonds. The maximum atomic E-state index is 12.8. The van der Waals surface area contributed by atoms with Crippen LogP contribution in [0.3, 0.4) is 0 Å². The first-order valence-electron chi connectivity index (χ1n) is 10.0. The van der Waals surface area contributed by atoms with Crippen molar-refractivity contribution in [3.05, 3.63) is 34.5 Å². The van der Waals surface area contributed by atoms with Crippen molar-refractivity contribution in [1.29, 1.82) is 0 Å². The smallest absolute Gasteiger partial charge is 0.353 e. The molecule has 0 fully saturated rings. The zero-order valence-corrected chi connectivity index (χ0v) is 17.0. The number of nitrogens with one attached hydrogen (secondary N) is 1. The minimum Gasteiger partial charge on any atom is -0.359 e. The van der Waals surface area contributed by atoms with Gasteiger partial charge in [-0.15, -0.1) is 4.36 Å². The molecule has 5 rings (SSSR count). The SMILES string of the molecule is CN1CCCn2ncc(/[SH](=O)=N/C(=O)Nc3c4c(cc5c3CCC5)CCC4)c21. The number of hydrogen-bond donors (Lipinski definition) is 2. The fourth-order valence-corrected chi connectivity index (χ4v) is 5.79. The summed E-state index contributed by atoms with van der Waals surface area (Å²) in [6.45, 7) is 1.69. The maximum Gasteiger partial charge on any atom is 0.353 e. The predicted octanol–water partition coefficient (Wildman–Crippen LogP) is 2.96. The van der Waals surface area contributed by atoms with Crippen LogP contribution in [0, 0.1) is 0 Å². The van der Waals surface area contributed by atoms with E-state index in [1.54, 1.807) is 6.20 Å². The Morgan fingerprint density at radius 3 is 2.54 bits per heavy atom. The summed E-state index contributed by atoms with van der Waals surface area (Å²) in [6.07, 6.45) is 8.98. The highest BCUT2D eigenvalue weighted by Gasteiger charge is 2.25. The molecule has 1 unspecified atom stereocenters. The van der Waals surface area contributed by atoms with E-state index in [1.165, 1.54) is 22.3 Å². The minimum absolute atomic E-state index is 0.520. The third-order valence-corrected chi connectivity index (χ3v) is 7.20. The number of rotatable bonds is 2. The molecule has 2 heterocycles. The van der Waals surface area contributed by atoms with Gasteiger partial charge in [-0.1, -0.05) is 6.07 Å². The number of aryl methyl sites for hydroxylation is 3. The molecule has 0 saturated heterocycles. The summed E-state index contributed by atoms with van der Waals surface area (Å²) in [4.78, 5) is 15.2. The number of carbonyl (C=O) groups excluding carboxylic acids is 1. The number of hydrogen-bond acceptors (Lipinski definition) is 4. The van der Waals surface area contributed by atoms with Gasteiger partial charge in [0.15, 0.2) is 0 Å². The zero-order chi connectivity index (χ0) is 19.3. The Hall–Kier alpha value is -2.35. The third-order valence-electron chi connectivity index (χ3n) is 6.11. The number of nitrogens with zero attached hydrogens (tertiary/aromatic N) is 4. The van der Waals surface area contributed by atoms with Gasteiger partial charge < -0.3 is 10.2 Å². The first kappa shape index (κ1) is 17.7. The predicted molar refractivity (Wildman–Crippen MR) is 110 cm³/mol. The first-order chi connectivity index (χ1) is 13.6. The number of carbonyl (C=O) groups is 1. The van der Waals surface area contributed by atoms with Crippen LogP contribution in [0.15, 0.2) is 21.5 Å². The zero-order valence-electron chi connectivity index (χ0n) is 16.1. The van der Waals surface area contributed by atoms with E-state index in [4.69, 9.17) is 0 Å². The molecule has 0 saturated carbocycles.